The van der Waals surface area contributed by atoms with Crippen LogP contribution in [-0.4, -0.2) is 179 Å². The highest BCUT2D eigenvalue weighted by Gasteiger charge is 2.48. The monoisotopic (exact) mass is 1510 g/mol. The standard InChI is InChI=1S/C20H23N5O8S2.C16H22N6O11S2.C14H19N5O8S2/c1-13-9-16-18(11-17(13)34(21,29)30)35(31,32)23-20(22-16)5-7-24(8-6-20)19(26)15-4-2-3-14(10-15)12-33-25(27)28;1-10-6-12-14(8-13(10)34(17,28)29)35(30,31)19-16(18-12)2-4-20(5-3-16)15(23)7-11(33-22(26)27)9-32-21(24)25;1-9-6-10-12(7-11(9)28(15,23)24)29(25,26)17-14(16-10)2-4-18(5-3-14)13(20)8-27-19(21)22/h2-4,9-11,22-23H,5-8,12H2,1H3,(H2,21,29,30);6,8,11,18-19H,2-5,7,9H2,1H3,(H2,17,28,29);6-7,16-17H,2-5,8H2,1H3,(H2,15,23,24). The number of nitrogens with zero attached hydrogens (tertiary/aromatic N) is 7. The summed E-state index contributed by atoms with van der Waals surface area (Å²) in [6.45, 7) is 3.49. The predicted octanol–water partition coefficient (Wildman–Crippen LogP) is -1.60. The van der Waals surface area contributed by atoms with Crippen LogP contribution in [0.5, 0.6) is 0 Å². The number of anilines is 3. The minimum Gasteiger partial charge on any atom is -0.365 e. The van der Waals surface area contributed by atoms with Gasteiger partial charge in [-0.2, -0.15) is 14.2 Å². The molecule has 43 nitrogen and oxygen atoms in total. The number of nitrogens with two attached hydrogens (primary N) is 3. The van der Waals surface area contributed by atoms with E-state index in [9.17, 15) is 105 Å². The fourth-order valence-corrected chi connectivity index (χ4v) is 19.0. The molecule has 1 unspecified atom stereocenters. The lowest BCUT2D eigenvalue weighted by molar-refractivity contribution is -0.789. The van der Waals surface area contributed by atoms with Crippen LogP contribution in [0.4, 0.5) is 17.1 Å². The minimum absolute atomic E-state index is 0.0409. The van der Waals surface area contributed by atoms with Crippen molar-refractivity contribution in [2.24, 2.45) is 15.4 Å². The average molecular weight is 1510 g/mol. The maximum Gasteiger partial charge on any atom is 0.295 e. The van der Waals surface area contributed by atoms with E-state index in [0.29, 0.717) is 16.7 Å². The fraction of sp³-hybridized carbons (Fsp3) is 0.460. The Hall–Kier alpha value is -9.05. The van der Waals surface area contributed by atoms with Gasteiger partial charge in [0.2, 0.25) is 72.0 Å². The molecule has 6 aliphatic heterocycles. The number of piperidine rings is 3. The van der Waals surface area contributed by atoms with Crippen molar-refractivity contribution in [1.82, 2.24) is 28.9 Å². The van der Waals surface area contributed by atoms with E-state index in [1.165, 1.54) is 54.8 Å². The van der Waals surface area contributed by atoms with Crippen molar-refractivity contribution < 1.29 is 105 Å². The van der Waals surface area contributed by atoms with Gasteiger partial charge in [-0.3, -0.25) is 14.4 Å². The molecule has 6 aliphatic rings. The number of fused-ring (bicyclic) bond motifs is 3. The number of rotatable bonds is 17. The maximum absolute atomic E-state index is 13.0. The van der Waals surface area contributed by atoms with Gasteiger partial charge in [-0.05, 0) is 91.6 Å². The van der Waals surface area contributed by atoms with E-state index in [-0.39, 0.29) is 148 Å². The molecule has 6 heterocycles. The molecule has 3 spiro atoms. The van der Waals surface area contributed by atoms with Crippen LogP contribution in [-0.2, 0) is 95.7 Å². The Morgan fingerprint density at radius 1 is 0.515 bits per heavy atom. The molecule has 1 atom stereocenters. The van der Waals surface area contributed by atoms with Gasteiger partial charge < -0.3 is 50.0 Å². The first-order valence-electron chi connectivity index (χ1n) is 28.8. The van der Waals surface area contributed by atoms with Crippen molar-refractivity contribution in [3.8, 4) is 0 Å². The van der Waals surface area contributed by atoms with Crippen molar-refractivity contribution >= 4 is 94.9 Å². The molecule has 3 fully saturated rings. The topological polar surface area (TPSA) is 625 Å². The molecule has 0 aliphatic carbocycles. The number of aryl methyl sites for hydroxylation is 3. The molecule has 542 valence electrons. The highest BCUT2D eigenvalue weighted by Crippen LogP contribution is 2.41. The minimum atomic E-state index is -4.16. The molecular formula is C50H64N16O27S6. The van der Waals surface area contributed by atoms with Gasteiger partial charge in [0.25, 0.3) is 26.3 Å². The molecule has 10 rings (SSSR count). The summed E-state index contributed by atoms with van der Waals surface area (Å²) in [5.41, 5.74) is -1.03. The van der Waals surface area contributed by atoms with Crippen LogP contribution >= 0.6 is 0 Å². The summed E-state index contributed by atoms with van der Waals surface area (Å²) in [5, 5.41) is 62.1. The molecular weight excluding hydrogens is 1450 g/mol. The van der Waals surface area contributed by atoms with Crippen LogP contribution in [0.15, 0.2) is 90.0 Å². The van der Waals surface area contributed by atoms with Gasteiger partial charge in [0.05, 0.1) is 38.2 Å². The van der Waals surface area contributed by atoms with Crippen molar-refractivity contribution in [2.75, 3.05) is 68.4 Å². The Kier molecular flexibility index (Phi) is 21.6. The molecule has 3 amide bonds. The molecule has 12 N–H and O–H groups in total. The first-order chi connectivity index (χ1) is 45.7. The van der Waals surface area contributed by atoms with E-state index < -0.39 is 135 Å². The van der Waals surface area contributed by atoms with Gasteiger partial charge in [-0.15, -0.1) is 40.5 Å². The Bertz CT molecular complexity index is 4680. The second-order valence-electron chi connectivity index (χ2n) is 23.3. The second kappa shape index (κ2) is 28.3. The number of sulfonamides is 6. The van der Waals surface area contributed by atoms with E-state index in [4.69, 9.17) is 15.4 Å². The third-order valence-corrected chi connectivity index (χ3v) is 24.3. The van der Waals surface area contributed by atoms with E-state index in [2.05, 4.69) is 49.5 Å². The quantitative estimate of drug-likeness (QED) is 0.0425. The van der Waals surface area contributed by atoms with Gasteiger partial charge >= 0.3 is 0 Å². The Morgan fingerprint density at radius 2 is 0.869 bits per heavy atom. The lowest BCUT2D eigenvalue weighted by Gasteiger charge is -2.45. The van der Waals surface area contributed by atoms with E-state index in [1.54, 1.807) is 23.1 Å². The molecule has 3 saturated heterocycles. The number of benzene rings is 4. The molecule has 4 aromatic rings. The zero-order chi connectivity index (χ0) is 73.4. The van der Waals surface area contributed by atoms with E-state index in [1.807, 2.05) is 0 Å². The van der Waals surface area contributed by atoms with Crippen LogP contribution in [0, 0.1) is 61.2 Å². The summed E-state index contributed by atoms with van der Waals surface area (Å²) in [5.74, 6) is -1.48. The molecule has 0 radical (unpaired) electrons. The van der Waals surface area contributed by atoms with Gasteiger partial charge in [0.1, 0.15) is 51.0 Å². The number of primary sulfonamides is 3. The summed E-state index contributed by atoms with van der Waals surface area (Å²) in [6.07, 6.45) is -1.02. The lowest BCUT2D eigenvalue weighted by atomic mass is 9.96. The smallest absolute Gasteiger partial charge is 0.295 e. The molecule has 4 aromatic carbocycles. The Morgan fingerprint density at radius 3 is 1.21 bits per heavy atom. The van der Waals surface area contributed by atoms with Gasteiger partial charge in [0, 0.05) is 83.4 Å². The SMILES string of the molecule is Cc1cc2c(cc1S(N)(=O)=O)S(=O)(=O)NC1(CCN(C(=O)CC(CO[N+](=O)[O-])O[N+](=O)[O-])CC1)N2.Cc1cc2c(cc1S(N)(=O)=O)S(=O)(=O)NC1(CCN(C(=O)CO[N+](=O)[O-])CC1)N2.Cc1cc2c(cc1S(N)(=O)=O)S(=O)(=O)NC1(CCN(C(=O)c3cccc(CO[N+](=O)[O-])c3)CC1)N2. The summed E-state index contributed by atoms with van der Waals surface area (Å²) in [7, 11) is -24.6. The number of nitrogens with one attached hydrogen (secondary N) is 6. The number of hydrogen-bond acceptors (Lipinski definition) is 30. The molecule has 0 aromatic heterocycles. The third-order valence-electron chi connectivity index (χ3n) is 16.4. The maximum atomic E-state index is 13.0. The second-order valence-corrected chi connectivity index (χ2v) is 32.9. The summed E-state index contributed by atoms with van der Waals surface area (Å²) >= 11 is 0. The van der Waals surface area contributed by atoms with Gasteiger partial charge in [-0.25, -0.2) is 65.9 Å². The summed E-state index contributed by atoms with van der Waals surface area (Å²) < 4.78 is 156. The van der Waals surface area contributed by atoms with E-state index in [0.717, 1.165) is 18.2 Å². The van der Waals surface area contributed by atoms with Crippen molar-refractivity contribution in [3.63, 3.8) is 0 Å². The zero-order valence-electron chi connectivity index (χ0n) is 52.0. The number of hydrogen-bond donors (Lipinski definition) is 9. The Labute approximate surface area is 563 Å². The third kappa shape index (κ3) is 18.1. The normalized spacial score (nSPS) is 19.1. The molecule has 0 saturated carbocycles. The Balaban J connectivity index is 0.000000190. The van der Waals surface area contributed by atoms with Crippen LogP contribution < -0.4 is 45.5 Å². The van der Waals surface area contributed by atoms with E-state index >= 15 is 0 Å². The fourth-order valence-electron chi connectivity index (χ4n) is 11.7. The number of likely N-dealkylation sites (tertiary alicyclic amines) is 3. The number of carbonyl (C=O) groups excluding carboxylic acids is 3. The van der Waals surface area contributed by atoms with Crippen LogP contribution in [0.3, 0.4) is 0 Å². The van der Waals surface area contributed by atoms with Gasteiger partial charge in [-0.1, -0.05) is 12.1 Å². The highest BCUT2D eigenvalue weighted by atomic mass is 32.2. The first-order valence-corrected chi connectivity index (χ1v) is 37.9. The summed E-state index contributed by atoms with van der Waals surface area (Å²) in [6, 6.07) is 13.5. The molecule has 49 heteroatoms. The van der Waals surface area contributed by atoms with Crippen molar-refractivity contribution in [2.45, 2.75) is 125 Å². The number of amides is 3. The number of carbonyl (C=O) groups is 3. The largest absolute Gasteiger partial charge is 0.365 e. The van der Waals surface area contributed by atoms with Crippen LogP contribution in [0.1, 0.15) is 77.6 Å². The zero-order valence-corrected chi connectivity index (χ0v) is 56.9. The van der Waals surface area contributed by atoms with Gasteiger partial charge in [0.15, 0.2) is 6.61 Å². The molecule has 0 bridgehead atoms. The lowest BCUT2D eigenvalue weighted by Crippen LogP contribution is -2.62. The first kappa shape index (κ1) is 75.7. The summed E-state index contributed by atoms with van der Waals surface area (Å²) in [4.78, 5) is 98.4. The van der Waals surface area contributed by atoms with Crippen LogP contribution in [0.25, 0.3) is 0 Å². The highest BCUT2D eigenvalue weighted by molar-refractivity contribution is 7.91. The molecule has 99 heavy (non-hydrogen) atoms. The van der Waals surface area contributed by atoms with Crippen LogP contribution in [0.2, 0.25) is 0 Å². The van der Waals surface area contributed by atoms with Crippen molar-refractivity contribution in [3.05, 3.63) is 129 Å². The average Bonchev–Trinajstić information content (AvgIpc) is 0.751. The van der Waals surface area contributed by atoms with Crippen molar-refractivity contribution in [1.29, 1.82) is 0 Å². The predicted molar refractivity (Wildman–Crippen MR) is 335 cm³/mol.